The molecule has 1 saturated heterocycles. The van der Waals surface area contributed by atoms with E-state index in [-0.39, 0.29) is 24.2 Å². The molecule has 1 fully saturated rings. The lowest BCUT2D eigenvalue weighted by Crippen LogP contribution is -2.52. The molecule has 7 nitrogen and oxygen atoms in total. The van der Waals surface area contributed by atoms with Gasteiger partial charge in [-0.25, -0.2) is 4.98 Å². The van der Waals surface area contributed by atoms with Crippen molar-refractivity contribution in [3.8, 4) is 5.75 Å². The molecule has 120 valence electrons. The lowest BCUT2D eigenvalue weighted by molar-refractivity contribution is -0.135. The van der Waals surface area contributed by atoms with E-state index in [4.69, 9.17) is 4.74 Å². The zero-order valence-corrected chi connectivity index (χ0v) is 12.9. The van der Waals surface area contributed by atoms with Crippen LogP contribution in [0, 0.1) is 0 Å². The number of piperazine rings is 1. The molecular formula is C16H18N4O3. The number of aromatic amines is 1. The van der Waals surface area contributed by atoms with Crippen LogP contribution in [0.25, 0.3) is 0 Å². The Morgan fingerprint density at radius 2 is 2.09 bits per heavy atom. The number of benzene rings is 1. The minimum Gasteiger partial charge on any atom is -0.497 e. The second-order valence-electron chi connectivity index (χ2n) is 5.33. The van der Waals surface area contributed by atoms with Crippen molar-refractivity contribution in [1.29, 1.82) is 0 Å². The van der Waals surface area contributed by atoms with E-state index < -0.39 is 0 Å². The van der Waals surface area contributed by atoms with Gasteiger partial charge >= 0.3 is 0 Å². The van der Waals surface area contributed by atoms with Crippen molar-refractivity contribution < 1.29 is 14.3 Å². The van der Waals surface area contributed by atoms with Crippen LogP contribution in [0.2, 0.25) is 0 Å². The minimum atomic E-state index is -0.243. The summed E-state index contributed by atoms with van der Waals surface area (Å²) in [7, 11) is 1.62. The average Bonchev–Trinajstić information content (AvgIpc) is 3.11. The monoisotopic (exact) mass is 314 g/mol. The average molecular weight is 314 g/mol. The van der Waals surface area contributed by atoms with Crippen molar-refractivity contribution >= 4 is 11.8 Å². The van der Waals surface area contributed by atoms with Gasteiger partial charge in [0.15, 0.2) is 5.82 Å². The fourth-order valence-corrected chi connectivity index (χ4v) is 2.53. The van der Waals surface area contributed by atoms with Crippen LogP contribution in [0.4, 0.5) is 0 Å². The Kier molecular flexibility index (Phi) is 4.27. The number of rotatable bonds is 4. The number of imidazole rings is 1. The number of hydrogen-bond acceptors (Lipinski definition) is 4. The third-order valence-corrected chi connectivity index (χ3v) is 3.84. The predicted molar refractivity (Wildman–Crippen MR) is 82.9 cm³/mol. The molecule has 2 heterocycles. The number of carbonyl (C=O) groups is 2. The molecule has 0 saturated carbocycles. The fourth-order valence-electron chi connectivity index (χ4n) is 2.53. The van der Waals surface area contributed by atoms with Crippen LogP contribution >= 0.6 is 0 Å². The first-order chi connectivity index (χ1) is 11.2. The van der Waals surface area contributed by atoms with E-state index in [2.05, 4.69) is 9.97 Å². The number of ether oxygens (including phenoxy) is 1. The normalized spacial score (nSPS) is 14.9. The second kappa shape index (κ2) is 6.51. The van der Waals surface area contributed by atoms with Gasteiger partial charge in [-0.15, -0.1) is 0 Å². The van der Waals surface area contributed by atoms with E-state index in [1.807, 2.05) is 24.3 Å². The van der Waals surface area contributed by atoms with Crippen molar-refractivity contribution in [2.24, 2.45) is 0 Å². The van der Waals surface area contributed by atoms with E-state index in [0.717, 1.165) is 11.3 Å². The van der Waals surface area contributed by atoms with Crippen molar-refractivity contribution in [2.75, 3.05) is 26.7 Å². The van der Waals surface area contributed by atoms with Crippen molar-refractivity contribution in [3.63, 3.8) is 0 Å². The Labute approximate surface area is 133 Å². The SMILES string of the molecule is COc1ccc(CN2CCN(C(=O)c3ncc[nH]3)CC2=O)cc1. The van der Waals surface area contributed by atoms with E-state index in [9.17, 15) is 9.59 Å². The van der Waals surface area contributed by atoms with E-state index in [0.29, 0.717) is 19.6 Å². The number of hydrogen-bond donors (Lipinski definition) is 1. The van der Waals surface area contributed by atoms with E-state index in [1.54, 1.807) is 18.2 Å². The van der Waals surface area contributed by atoms with Gasteiger partial charge in [-0.05, 0) is 17.7 Å². The maximum Gasteiger partial charge on any atom is 0.290 e. The molecule has 1 aromatic heterocycles. The number of H-pyrrole nitrogens is 1. The summed E-state index contributed by atoms with van der Waals surface area (Å²) in [4.78, 5) is 34.5. The minimum absolute atomic E-state index is 0.0630. The number of carbonyl (C=O) groups excluding carboxylic acids is 2. The molecule has 0 bridgehead atoms. The Bertz CT molecular complexity index is 682. The first-order valence-electron chi connectivity index (χ1n) is 7.37. The highest BCUT2D eigenvalue weighted by molar-refractivity contribution is 5.94. The summed E-state index contributed by atoms with van der Waals surface area (Å²) in [6.07, 6.45) is 3.12. The van der Waals surface area contributed by atoms with Gasteiger partial charge in [-0.1, -0.05) is 12.1 Å². The number of nitrogens with one attached hydrogen (secondary N) is 1. The molecule has 2 amide bonds. The molecule has 0 radical (unpaired) electrons. The van der Waals surface area contributed by atoms with Crippen LogP contribution in [-0.4, -0.2) is 58.3 Å². The summed E-state index contributed by atoms with van der Waals surface area (Å²) in [5.74, 6) is 0.745. The zero-order chi connectivity index (χ0) is 16.2. The summed E-state index contributed by atoms with van der Waals surface area (Å²) in [5, 5.41) is 0. The van der Waals surface area contributed by atoms with Crippen LogP contribution in [0.1, 0.15) is 16.2 Å². The third kappa shape index (κ3) is 3.33. The molecule has 1 aromatic carbocycles. The lowest BCUT2D eigenvalue weighted by Gasteiger charge is -2.34. The van der Waals surface area contributed by atoms with Crippen LogP contribution in [0.15, 0.2) is 36.7 Å². The molecule has 3 rings (SSSR count). The number of aromatic nitrogens is 2. The van der Waals surface area contributed by atoms with Gasteiger partial charge in [0.2, 0.25) is 5.91 Å². The van der Waals surface area contributed by atoms with Gasteiger partial charge in [-0.3, -0.25) is 9.59 Å². The second-order valence-corrected chi connectivity index (χ2v) is 5.33. The molecule has 0 spiro atoms. The molecule has 1 aliphatic heterocycles. The van der Waals surface area contributed by atoms with Crippen LogP contribution in [0.5, 0.6) is 5.75 Å². The quantitative estimate of drug-likeness (QED) is 0.909. The molecular weight excluding hydrogens is 296 g/mol. The Balaban J connectivity index is 1.60. The first-order valence-corrected chi connectivity index (χ1v) is 7.37. The van der Waals surface area contributed by atoms with Crippen LogP contribution in [0.3, 0.4) is 0 Å². The molecule has 23 heavy (non-hydrogen) atoms. The van der Waals surface area contributed by atoms with Crippen molar-refractivity contribution in [1.82, 2.24) is 19.8 Å². The van der Waals surface area contributed by atoms with Gasteiger partial charge in [0, 0.05) is 32.0 Å². The first kappa shape index (κ1) is 15.1. The molecule has 0 atom stereocenters. The van der Waals surface area contributed by atoms with Gasteiger partial charge < -0.3 is 19.5 Å². The highest BCUT2D eigenvalue weighted by Crippen LogP contribution is 2.15. The summed E-state index contributed by atoms with van der Waals surface area (Å²) >= 11 is 0. The summed E-state index contributed by atoms with van der Waals surface area (Å²) < 4.78 is 5.12. The predicted octanol–water partition coefficient (Wildman–Crippen LogP) is 0.903. The van der Waals surface area contributed by atoms with Crippen molar-refractivity contribution in [3.05, 3.63) is 48.0 Å². The number of amides is 2. The molecule has 0 unspecified atom stereocenters. The van der Waals surface area contributed by atoms with Crippen LogP contribution < -0.4 is 4.74 Å². The summed E-state index contributed by atoms with van der Waals surface area (Å²) in [6, 6.07) is 7.62. The lowest BCUT2D eigenvalue weighted by atomic mass is 10.2. The van der Waals surface area contributed by atoms with Gasteiger partial charge in [0.05, 0.1) is 7.11 Å². The van der Waals surface area contributed by atoms with E-state index in [1.165, 1.54) is 11.1 Å². The summed E-state index contributed by atoms with van der Waals surface area (Å²) in [6.45, 7) is 1.63. The topological polar surface area (TPSA) is 78.5 Å². The molecule has 1 aliphatic rings. The molecule has 2 aromatic rings. The third-order valence-electron chi connectivity index (χ3n) is 3.84. The van der Waals surface area contributed by atoms with E-state index >= 15 is 0 Å². The molecule has 1 N–H and O–H groups in total. The maximum atomic E-state index is 12.3. The Hall–Kier alpha value is -2.83. The Morgan fingerprint density at radius 3 is 2.70 bits per heavy atom. The largest absolute Gasteiger partial charge is 0.497 e. The van der Waals surface area contributed by atoms with Crippen molar-refractivity contribution in [2.45, 2.75) is 6.54 Å². The smallest absolute Gasteiger partial charge is 0.290 e. The highest BCUT2D eigenvalue weighted by Gasteiger charge is 2.28. The van der Waals surface area contributed by atoms with Gasteiger partial charge in [-0.2, -0.15) is 0 Å². The maximum absolute atomic E-state index is 12.3. The van der Waals surface area contributed by atoms with Gasteiger partial charge in [0.1, 0.15) is 12.3 Å². The fraction of sp³-hybridized carbons (Fsp3) is 0.312. The summed E-state index contributed by atoms with van der Waals surface area (Å²) in [5.41, 5.74) is 1.03. The number of nitrogens with zero attached hydrogens (tertiary/aromatic N) is 3. The van der Waals surface area contributed by atoms with Gasteiger partial charge in [0.25, 0.3) is 5.91 Å². The Morgan fingerprint density at radius 1 is 1.30 bits per heavy atom. The number of methoxy groups -OCH3 is 1. The molecule has 7 heteroatoms. The zero-order valence-electron chi connectivity index (χ0n) is 12.9. The standard InChI is InChI=1S/C16H18N4O3/c1-23-13-4-2-12(3-5-13)10-19-8-9-20(11-14(19)21)16(22)15-17-6-7-18-15/h2-7H,8-11H2,1H3,(H,17,18). The highest BCUT2D eigenvalue weighted by atomic mass is 16.5. The van der Waals surface area contributed by atoms with Crippen LogP contribution in [-0.2, 0) is 11.3 Å². The molecule has 0 aliphatic carbocycles.